The standard InChI is InChI=1S/C22H34N6/c1-15-11-13-17-14-12-16(2)20(24-22(27(7)8)28(9)10)18(17)19(15)23-21(25(3)4)26(5)6/h11-14H,1-10H3. The van der Waals surface area contributed by atoms with Gasteiger partial charge < -0.3 is 19.6 Å². The Morgan fingerprint density at radius 2 is 0.893 bits per heavy atom. The lowest BCUT2D eigenvalue weighted by Gasteiger charge is -2.24. The van der Waals surface area contributed by atoms with Gasteiger partial charge in [-0.05, 0) is 30.4 Å². The van der Waals surface area contributed by atoms with Crippen molar-refractivity contribution >= 4 is 34.1 Å². The van der Waals surface area contributed by atoms with E-state index < -0.39 is 0 Å². The minimum absolute atomic E-state index is 0.896. The Bertz CT molecular complexity index is 816. The summed E-state index contributed by atoms with van der Waals surface area (Å²) in [6.45, 7) is 4.21. The fraction of sp³-hybridized carbons (Fsp3) is 0.455. The van der Waals surface area contributed by atoms with Crippen LogP contribution in [0, 0.1) is 13.8 Å². The first-order valence-corrected chi connectivity index (χ1v) is 9.44. The van der Waals surface area contributed by atoms with E-state index in [1.54, 1.807) is 0 Å². The SMILES string of the molecule is Cc1ccc2ccc(C)c(N=C(N(C)C)N(C)C)c2c1N=C(N(C)C)N(C)C. The predicted molar refractivity (Wildman–Crippen MR) is 122 cm³/mol. The molecule has 0 spiro atoms. The molecule has 0 atom stereocenters. The van der Waals surface area contributed by atoms with Gasteiger partial charge in [0.2, 0.25) is 11.9 Å². The summed E-state index contributed by atoms with van der Waals surface area (Å²) in [5.41, 5.74) is 4.20. The van der Waals surface area contributed by atoms with Gasteiger partial charge in [-0.25, -0.2) is 9.98 Å². The minimum Gasteiger partial charge on any atom is -0.349 e. The minimum atomic E-state index is 0.896. The van der Waals surface area contributed by atoms with Gasteiger partial charge >= 0.3 is 0 Å². The van der Waals surface area contributed by atoms with Crippen LogP contribution in [0.2, 0.25) is 0 Å². The zero-order chi connectivity index (χ0) is 21.2. The second-order valence-electron chi connectivity index (χ2n) is 7.96. The number of hydrogen-bond acceptors (Lipinski definition) is 2. The number of aliphatic imine (C=N–C) groups is 2. The molecule has 6 nitrogen and oxygen atoms in total. The number of benzene rings is 2. The molecule has 2 rings (SSSR count). The van der Waals surface area contributed by atoms with Gasteiger partial charge in [0, 0.05) is 61.8 Å². The van der Waals surface area contributed by atoms with Crippen LogP contribution >= 0.6 is 0 Å². The summed E-state index contributed by atoms with van der Waals surface area (Å²) in [7, 11) is 16.1. The van der Waals surface area contributed by atoms with E-state index in [1.165, 1.54) is 0 Å². The monoisotopic (exact) mass is 382 g/mol. The molecule has 0 radical (unpaired) electrons. The quantitative estimate of drug-likeness (QED) is 0.587. The first-order chi connectivity index (χ1) is 13.0. The number of fused-ring (bicyclic) bond motifs is 1. The Morgan fingerprint density at radius 3 is 1.18 bits per heavy atom. The van der Waals surface area contributed by atoms with E-state index in [4.69, 9.17) is 9.98 Å². The summed E-state index contributed by atoms with van der Waals surface area (Å²) in [4.78, 5) is 18.2. The zero-order valence-corrected chi connectivity index (χ0v) is 19.0. The molecule has 0 N–H and O–H groups in total. The Labute approximate surface area is 169 Å². The molecule has 0 aliphatic rings. The molecule has 2 aromatic carbocycles. The molecule has 0 saturated heterocycles. The summed E-state index contributed by atoms with van der Waals surface area (Å²) in [5, 5.41) is 2.23. The van der Waals surface area contributed by atoms with Crippen LogP contribution in [-0.2, 0) is 0 Å². The molecule has 0 amide bonds. The van der Waals surface area contributed by atoms with E-state index in [2.05, 4.69) is 38.1 Å². The van der Waals surface area contributed by atoms with Gasteiger partial charge in [-0.2, -0.15) is 0 Å². The van der Waals surface area contributed by atoms with E-state index in [1.807, 2.05) is 76.0 Å². The van der Waals surface area contributed by atoms with Crippen LogP contribution in [0.5, 0.6) is 0 Å². The van der Waals surface area contributed by atoms with Gasteiger partial charge in [-0.15, -0.1) is 0 Å². The van der Waals surface area contributed by atoms with E-state index in [0.717, 1.165) is 45.2 Å². The molecule has 152 valence electrons. The normalized spacial score (nSPS) is 10.5. The van der Waals surface area contributed by atoms with Crippen molar-refractivity contribution < 1.29 is 0 Å². The van der Waals surface area contributed by atoms with E-state index in [-0.39, 0.29) is 0 Å². The largest absolute Gasteiger partial charge is 0.349 e. The number of hydrogen-bond donors (Lipinski definition) is 0. The molecule has 0 aliphatic heterocycles. The van der Waals surface area contributed by atoms with Crippen LogP contribution in [0.25, 0.3) is 10.8 Å². The third-order valence-corrected chi connectivity index (χ3v) is 4.56. The van der Waals surface area contributed by atoms with E-state index >= 15 is 0 Å². The highest BCUT2D eigenvalue weighted by Crippen LogP contribution is 2.39. The van der Waals surface area contributed by atoms with Gasteiger partial charge in [-0.3, -0.25) is 0 Å². The van der Waals surface area contributed by atoms with Crippen molar-refractivity contribution in [3.05, 3.63) is 35.4 Å². The Morgan fingerprint density at radius 1 is 0.571 bits per heavy atom. The topological polar surface area (TPSA) is 37.7 Å². The molecule has 0 heterocycles. The van der Waals surface area contributed by atoms with Crippen LogP contribution in [0.15, 0.2) is 34.3 Å². The highest BCUT2D eigenvalue weighted by atomic mass is 15.3. The summed E-state index contributed by atoms with van der Waals surface area (Å²) in [6.07, 6.45) is 0. The Kier molecular flexibility index (Phi) is 6.54. The fourth-order valence-corrected chi connectivity index (χ4v) is 3.28. The lowest BCUT2D eigenvalue weighted by Crippen LogP contribution is -2.35. The van der Waals surface area contributed by atoms with Crippen molar-refractivity contribution in [3.8, 4) is 0 Å². The molecule has 0 unspecified atom stereocenters. The van der Waals surface area contributed by atoms with Crippen LogP contribution in [0.3, 0.4) is 0 Å². The highest BCUT2D eigenvalue weighted by molar-refractivity contribution is 6.06. The fourth-order valence-electron chi connectivity index (χ4n) is 3.28. The maximum Gasteiger partial charge on any atom is 0.200 e. The summed E-state index contributed by atoms with van der Waals surface area (Å²) in [5.74, 6) is 1.79. The van der Waals surface area contributed by atoms with Crippen molar-refractivity contribution in [1.29, 1.82) is 0 Å². The molecule has 6 heteroatoms. The average Bonchev–Trinajstić information content (AvgIpc) is 2.58. The lowest BCUT2D eigenvalue weighted by molar-refractivity contribution is 0.484. The van der Waals surface area contributed by atoms with Crippen LogP contribution < -0.4 is 0 Å². The molecular formula is C22H34N6. The van der Waals surface area contributed by atoms with Crippen LogP contribution in [0.1, 0.15) is 11.1 Å². The molecule has 0 fully saturated rings. The van der Waals surface area contributed by atoms with Gasteiger partial charge in [0.15, 0.2) is 0 Å². The number of guanidine groups is 2. The smallest absolute Gasteiger partial charge is 0.200 e. The van der Waals surface area contributed by atoms with Gasteiger partial charge in [0.25, 0.3) is 0 Å². The van der Waals surface area contributed by atoms with Gasteiger partial charge in [0.1, 0.15) is 0 Å². The number of aryl methyl sites for hydroxylation is 2. The van der Waals surface area contributed by atoms with Crippen molar-refractivity contribution in [3.63, 3.8) is 0 Å². The third-order valence-electron chi connectivity index (χ3n) is 4.56. The molecule has 2 aromatic rings. The maximum atomic E-state index is 5.06. The zero-order valence-electron chi connectivity index (χ0n) is 19.0. The molecule has 28 heavy (non-hydrogen) atoms. The predicted octanol–water partition coefficient (Wildman–Crippen LogP) is 3.68. The van der Waals surface area contributed by atoms with Crippen molar-refractivity contribution in [2.75, 3.05) is 56.4 Å². The Balaban J connectivity index is 2.94. The highest BCUT2D eigenvalue weighted by Gasteiger charge is 2.15. The number of rotatable bonds is 2. The van der Waals surface area contributed by atoms with Crippen molar-refractivity contribution in [2.45, 2.75) is 13.8 Å². The van der Waals surface area contributed by atoms with Crippen LogP contribution in [0.4, 0.5) is 11.4 Å². The third kappa shape index (κ3) is 4.38. The van der Waals surface area contributed by atoms with Crippen molar-refractivity contribution in [2.24, 2.45) is 9.98 Å². The molecule has 0 saturated carbocycles. The summed E-state index contributed by atoms with van der Waals surface area (Å²) >= 11 is 0. The first-order valence-electron chi connectivity index (χ1n) is 9.44. The van der Waals surface area contributed by atoms with E-state index in [0.29, 0.717) is 0 Å². The second-order valence-corrected chi connectivity index (χ2v) is 7.96. The van der Waals surface area contributed by atoms with Gasteiger partial charge in [0.05, 0.1) is 11.4 Å². The van der Waals surface area contributed by atoms with Crippen LogP contribution in [-0.4, -0.2) is 87.9 Å². The molecule has 0 aliphatic carbocycles. The molecule has 0 bridgehead atoms. The molecular weight excluding hydrogens is 348 g/mol. The summed E-state index contributed by atoms with van der Waals surface area (Å²) < 4.78 is 0. The van der Waals surface area contributed by atoms with Crippen molar-refractivity contribution in [1.82, 2.24) is 19.6 Å². The molecule has 0 aromatic heterocycles. The lowest BCUT2D eigenvalue weighted by atomic mass is 10.0. The first kappa shape index (κ1) is 21.5. The summed E-state index contributed by atoms with van der Waals surface area (Å²) in [6, 6.07) is 8.56. The average molecular weight is 383 g/mol. The Hall–Kier alpha value is -2.76. The van der Waals surface area contributed by atoms with Gasteiger partial charge in [-0.1, -0.05) is 24.3 Å². The van der Waals surface area contributed by atoms with E-state index in [9.17, 15) is 0 Å². The second kappa shape index (κ2) is 8.50. The maximum absolute atomic E-state index is 5.06. The number of nitrogens with zero attached hydrogens (tertiary/aromatic N) is 6.